The number of alkyl halides is 6. The molecule has 0 radical (unpaired) electrons. The van der Waals surface area contributed by atoms with Crippen LogP contribution in [0.1, 0.15) is 60.1 Å². The zero-order valence-electron chi connectivity index (χ0n) is 60.4. The first-order valence-corrected chi connectivity index (χ1v) is 37.1. The molecule has 12 aromatic rings. The zero-order valence-corrected chi connectivity index (χ0v) is 66.5. The number of phenolic OH excluding ortho intramolecular Hbond substituents is 1. The van der Waals surface area contributed by atoms with Crippen LogP contribution in [-0.2, 0) is 87.0 Å². The van der Waals surface area contributed by atoms with E-state index < -0.39 is 61.7 Å². The van der Waals surface area contributed by atoms with Crippen molar-refractivity contribution >= 4 is 119 Å². The van der Waals surface area contributed by atoms with Gasteiger partial charge in [-0.3, -0.25) is 50.9 Å². The Kier molecular flexibility index (Phi) is 29.9. The Hall–Kier alpha value is -9.19. The van der Waals surface area contributed by atoms with E-state index in [9.17, 15) is 55.1 Å². The van der Waals surface area contributed by atoms with Gasteiger partial charge in [-0.25, -0.2) is 19.4 Å². The van der Waals surface area contributed by atoms with Gasteiger partial charge in [-0.2, -0.15) is 36.3 Å². The quantitative estimate of drug-likeness (QED) is 0.0306. The average molecular weight is 1740 g/mol. The van der Waals surface area contributed by atoms with Crippen LogP contribution in [-0.4, -0.2) is 113 Å². The monoisotopic (exact) mass is 1740 g/mol. The summed E-state index contributed by atoms with van der Waals surface area (Å²) in [5.41, 5.74) is -1.61. The fraction of sp³-hybridized carbons (Fsp3) is 0.311. The number of fused-ring (bicyclic) bond motifs is 3. The molecule has 112 heavy (non-hydrogen) atoms. The number of aliphatic hydroxyl groups is 1. The Labute approximate surface area is 671 Å². The lowest BCUT2D eigenvalue weighted by molar-refractivity contribution is -0.138. The number of aliphatic hydroxyl groups excluding tert-OH is 1. The SMILES string of the molecule is CCCOCCn1c(=O)c2c(nc(Br)n2Cc2ccc(Cl)cc2)n(C)c1=O.CCCOCCn1c(=O)c2c(nc(Oc3ccc(Cl)c(C(F)(F)F)c3)n2Cc2ccc(Cl)cc2)n(C)c1=O.Cc1cc(O)ccc1Cl.Cn1c(=O)n(CCOCCO)c(=O)c2c1nc(Oc1ccc(Cl)c(C(F)(F)F)c1)n2Cc1ccc(Cl)cc1. The summed E-state index contributed by atoms with van der Waals surface area (Å²) in [6, 6.07) is 31.3. The number of phenols is 1. The molecule has 0 atom stereocenters. The molecule has 0 fully saturated rings. The van der Waals surface area contributed by atoms with Gasteiger partial charge in [0, 0.05) is 54.4 Å². The number of imidazole rings is 3. The molecule has 0 amide bonds. The van der Waals surface area contributed by atoms with Crippen molar-refractivity contribution in [3.05, 3.63) is 258 Å². The molecule has 0 spiro atoms. The predicted molar refractivity (Wildman–Crippen MR) is 418 cm³/mol. The number of hydrogen-bond donors (Lipinski definition) is 2. The number of aromatic hydroxyl groups is 1. The number of nitrogens with zero attached hydrogens (tertiary/aromatic N) is 12. The normalized spacial score (nSPS) is 11.6. The summed E-state index contributed by atoms with van der Waals surface area (Å²) in [4.78, 5) is 91.5. The predicted octanol–water partition coefficient (Wildman–Crippen LogP) is 14.7. The first kappa shape index (κ1) is 86.8. The van der Waals surface area contributed by atoms with Crippen molar-refractivity contribution in [1.29, 1.82) is 0 Å². The number of aromatic nitrogens is 12. The van der Waals surface area contributed by atoms with Crippen molar-refractivity contribution in [2.45, 2.75) is 85.2 Å². The van der Waals surface area contributed by atoms with E-state index in [1.54, 1.807) is 90.5 Å². The van der Waals surface area contributed by atoms with E-state index in [1.165, 1.54) is 49.1 Å². The van der Waals surface area contributed by atoms with E-state index in [1.807, 2.05) is 32.9 Å². The minimum Gasteiger partial charge on any atom is -0.508 e. The molecule has 6 aromatic heterocycles. The van der Waals surface area contributed by atoms with Gasteiger partial charge >= 0.3 is 41.4 Å². The Morgan fingerprint density at radius 1 is 0.429 bits per heavy atom. The van der Waals surface area contributed by atoms with Crippen LogP contribution in [0.4, 0.5) is 26.3 Å². The van der Waals surface area contributed by atoms with Gasteiger partial charge in [0.05, 0.1) is 93.5 Å². The Bertz CT molecular complexity index is 5490. The first-order valence-electron chi connectivity index (χ1n) is 34.0. The second-order valence-electron chi connectivity index (χ2n) is 24.7. The van der Waals surface area contributed by atoms with E-state index in [4.69, 9.17) is 104 Å². The lowest BCUT2D eigenvalue weighted by Crippen LogP contribution is -2.40. The van der Waals surface area contributed by atoms with Crippen LogP contribution < -0.4 is 43.2 Å². The molecule has 0 aliphatic rings. The molecular weight excluding hydrogens is 1670 g/mol. The number of hydrogen-bond acceptors (Lipinski definition) is 16. The molecule has 38 heteroatoms. The molecule has 0 bridgehead atoms. The van der Waals surface area contributed by atoms with Crippen molar-refractivity contribution in [2.24, 2.45) is 21.1 Å². The third kappa shape index (κ3) is 21.2. The molecule has 6 heterocycles. The lowest BCUT2D eigenvalue weighted by Gasteiger charge is -2.13. The highest BCUT2D eigenvalue weighted by Crippen LogP contribution is 2.40. The molecule has 0 unspecified atom stereocenters. The summed E-state index contributed by atoms with van der Waals surface area (Å²) in [5.74, 6) is -0.165. The molecule has 0 aliphatic carbocycles. The number of halogens is 13. The molecule has 0 saturated carbocycles. The van der Waals surface area contributed by atoms with E-state index in [2.05, 4.69) is 30.9 Å². The molecule has 0 aliphatic heterocycles. The third-order valence-electron chi connectivity index (χ3n) is 16.7. The van der Waals surface area contributed by atoms with Crippen LogP contribution in [0.5, 0.6) is 29.3 Å². The van der Waals surface area contributed by atoms with Crippen molar-refractivity contribution < 1.29 is 60.2 Å². The maximum Gasteiger partial charge on any atom is 0.417 e. The number of rotatable bonds is 25. The van der Waals surface area contributed by atoms with E-state index >= 15 is 0 Å². The van der Waals surface area contributed by atoms with Gasteiger partial charge in [0.15, 0.2) is 38.2 Å². The average Bonchev–Trinajstić information content (AvgIpc) is 1.60. The van der Waals surface area contributed by atoms with Crippen molar-refractivity contribution in [3.8, 4) is 29.3 Å². The fourth-order valence-electron chi connectivity index (χ4n) is 11.1. The van der Waals surface area contributed by atoms with Crippen molar-refractivity contribution in [2.75, 3.05) is 46.2 Å². The molecule has 6 aromatic carbocycles. The van der Waals surface area contributed by atoms with Crippen molar-refractivity contribution in [1.82, 2.24) is 56.1 Å². The van der Waals surface area contributed by atoms with Gasteiger partial charge in [0.25, 0.3) is 16.7 Å². The Morgan fingerprint density at radius 3 is 1.09 bits per heavy atom. The summed E-state index contributed by atoms with van der Waals surface area (Å²) >= 11 is 38.5. The minimum absolute atomic E-state index is 0.00981. The van der Waals surface area contributed by atoms with Gasteiger partial charge in [-0.1, -0.05) is 120 Å². The smallest absolute Gasteiger partial charge is 0.417 e. The second kappa shape index (κ2) is 38.6. The van der Waals surface area contributed by atoms with E-state index in [0.717, 1.165) is 61.9 Å². The van der Waals surface area contributed by atoms with Crippen LogP contribution in [0.15, 0.2) is 161 Å². The number of benzene rings is 6. The van der Waals surface area contributed by atoms with Gasteiger partial charge in [-0.05, 0) is 149 Å². The van der Waals surface area contributed by atoms with Crippen molar-refractivity contribution in [3.63, 3.8) is 0 Å². The minimum atomic E-state index is -4.73. The fourth-order valence-corrected chi connectivity index (χ4v) is 12.5. The highest BCUT2D eigenvalue weighted by atomic mass is 79.9. The standard InChI is InChI=1S/C25H23Cl2F3N4O4.C24H21Cl2F3N4O5.C18H20BrClN4O3.C7H7ClO/c1-3-11-37-12-10-33-22(35)20-21(32(2)24(33)36)31-23(34(20)14-15-4-6-16(26)7-5-15)38-17-8-9-19(27)18(13-17)25(28,29)30;1-31-20-19(21(35)32(23(31)36)8-10-37-11-9-34)33(13-14-2-4-15(25)5-3-14)22(30-20)38-16-6-7-18(26)17(12-16)24(27,28)29;1-3-9-27-10-8-23-16(25)14-15(22(2)18(23)26)21-17(19)24(14)11-12-4-6-13(20)7-5-12;1-5-4-6(9)2-3-7(5)8/h4-9,13H,3,10-12,14H2,1-2H3;2-7,12,34H,8-11,13H2,1H3;4-7H,3,8-11H2,1-2H3;2-4,9H,1H3. The van der Waals surface area contributed by atoms with Gasteiger partial charge in [0.1, 0.15) is 17.2 Å². The number of ether oxygens (including phenoxy) is 5. The maximum atomic E-state index is 13.5. The zero-order chi connectivity index (χ0) is 81.6. The van der Waals surface area contributed by atoms with Crippen LogP contribution in [0.3, 0.4) is 0 Å². The summed E-state index contributed by atoms with van der Waals surface area (Å²) in [6.45, 7) is 7.73. The lowest BCUT2D eigenvalue weighted by atomic mass is 10.2. The second-order valence-corrected chi connectivity index (χ2v) is 27.9. The van der Waals surface area contributed by atoms with Gasteiger partial charge in [0.2, 0.25) is 0 Å². The van der Waals surface area contributed by atoms with E-state index in [0.29, 0.717) is 73.5 Å². The highest BCUT2D eigenvalue weighted by Gasteiger charge is 2.36. The molecule has 596 valence electrons. The summed E-state index contributed by atoms with van der Waals surface area (Å²) in [6.07, 6.45) is -7.78. The summed E-state index contributed by atoms with van der Waals surface area (Å²) in [5, 5.41) is 19.1. The van der Waals surface area contributed by atoms with Crippen LogP contribution in [0.2, 0.25) is 30.1 Å². The molecule has 12 rings (SSSR count). The first-order chi connectivity index (χ1) is 53.1. The maximum absolute atomic E-state index is 13.5. The molecular formula is C74H71BrCl6F6N12O13. The Morgan fingerprint density at radius 2 is 0.759 bits per heavy atom. The highest BCUT2D eigenvalue weighted by molar-refractivity contribution is 9.10. The molecule has 0 saturated heterocycles. The topological polar surface area (TPSA) is 272 Å². The van der Waals surface area contributed by atoms with Gasteiger partial charge < -0.3 is 38.5 Å². The van der Waals surface area contributed by atoms with Crippen LogP contribution in [0.25, 0.3) is 33.5 Å². The Balaban J connectivity index is 0.000000184. The summed E-state index contributed by atoms with van der Waals surface area (Å²) in [7, 11) is 4.46. The largest absolute Gasteiger partial charge is 0.508 e. The van der Waals surface area contributed by atoms with Crippen LogP contribution in [0, 0.1) is 6.92 Å². The summed E-state index contributed by atoms with van der Waals surface area (Å²) < 4.78 is 120. The third-order valence-corrected chi connectivity index (χ3v) is 19.1. The van der Waals surface area contributed by atoms with Crippen LogP contribution >= 0.6 is 85.5 Å². The van der Waals surface area contributed by atoms with E-state index in [-0.39, 0.29) is 116 Å². The van der Waals surface area contributed by atoms with Gasteiger partial charge in [-0.15, -0.1) is 0 Å². The number of aryl methyl sites for hydroxylation is 4. The molecule has 2 N–H and O–H groups in total. The molecule has 25 nitrogen and oxygen atoms in total.